The lowest BCUT2D eigenvalue weighted by Gasteiger charge is -2.36. The minimum absolute atomic E-state index is 0.000417. The van der Waals surface area contributed by atoms with Gasteiger partial charge in [-0.25, -0.2) is 4.98 Å². The maximum atomic E-state index is 11.1. The molecule has 0 saturated carbocycles. The summed E-state index contributed by atoms with van der Waals surface area (Å²) in [5.74, 6) is 2.01. The average molecular weight is 292 g/mol. The molecule has 7 heteroatoms. The lowest BCUT2D eigenvalue weighted by Crippen LogP contribution is -2.44. The Hall–Kier alpha value is -1.76. The lowest BCUT2D eigenvalue weighted by molar-refractivity contribution is -0.137. The second-order valence-electron chi connectivity index (χ2n) is 4.94. The van der Waals surface area contributed by atoms with Crippen molar-refractivity contribution in [3.8, 4) is 0 Å². The van der Waals surface area contributed by atoms with Gasteiger partial charge >= 0.3 is 5.97 Å². The van der Waals surface area contributed by atoms with Gasteiger partial charge in [0, 0.05) is 24.1 Å². The molecule has 106 valence electrons. The van der Waals surface area contributed by atoms with Gasteiger partial charge in [0.25, 0.3) is 0 Å². The lowest BCUT2D eigenvalue weighted by atomic mass is 10.2. The molecule has 6 nitrogen and oxygen atoms in total. The largest absolute Gasteiger partial charge is 0.481 e. The molecule has 2 aromatic rings. The Morgan fingerprint density at radius 2 is 2.40 bits per heavy atom. The average Bonchev–Trinajstić information content (AvgIpc) is 2.86. The molecule has 0 amide bonds. The number of pyridine rings is 1. The van der Waals surface area contributed by atoms with Crippen LogP contribution in [0.15, 0.2) is 18.5 Å². The summed E-state index contributed by atoms with van der Waals surface area (Å²) in [7, 11) is 0. The number of anilines is 1. The van der Waals surface area contributed by atoms with Crippen molar-refractivity contribution in [3.63, 3.8) is 0 Å². The van der Waals surface area contributed by atoms with E-state index in [-0.39, 0.29) is 12.5 Å². The molecule has 0 bridgehead atoms. The van der Waals surface area contributed by atoms with E-state index in [9.17, 15) is 4.79 Å². The molecule has 0 spiro atoms. The Morgan fingerprint density at radius 1 is 1.55 bits per heavy atom. The number of aliphatic carboxylic acids is 1. The summed E-state index contributed by atoms with van der Waals surface area (Å²) in [6, 6.07) is 4.02. The zero-order chi connectivity index (χ0) is 14.1. The molecule has 3 rings (SSSR count). The molecule has 0 aliphatic carbocycles. The standard InChI is InChI=1S/C13H16N4O2S/c1-9-4-11-14-8-15-17(11)12(5-9)16-2-3-20-7-10(16)6-13(18)19/h4-5,8,10H,2-3,6-7H2,1H3,(H,18,19). The zero-order valence-corrected chi connectivity index (χ0v) is 12.0. The van der Waals surface area contributed by atoms with Crippen molar-refractivity contribution in [2.45, 2.75) is 19.4 Å². The van der Waals surface area contributed by atoms with Gasteiger partial charge in [0.05, 0.1) is 6.42 Å². The first kappa shape index (κ1) is 13.2. The van der Waals surface area contributed by atoms with Crippen LogP contribution in [0.5, 0.6) is 0 Å². The number of aromatic nitrogens is 3. The first-order valence-corrected chi connectivity index (χ1v) is 7.67. The van der Waals surface area contributed by atoms with Gasteiger partial charge in [-0.3, -0.25) is 4.79 Å². The number of carboxylic acids is 1. The van der Waals surface area contributed by atoms with E-state index in [4.69, 9.17) is 5.11 Å². The van der Waals surface area contributed by atoms with E-state index in [2.05, 4.69) is 15.0 Å². The van der Waals surface area contributed by atoms with Crippen molar-refractivity contribution >= 4 is 29.2 Å². The van der Waals surface area contributed by atoms with Crippen LogP contribution in [0, 0.1) is 6.92 Å². The maximum Gasteiger partial charge on any atom is 0.305 e. The third kappa shape index (κ3) is 2.45. The highest BCUT2D eigenvalue weighted by Gasteiger charge is 2.27. The predicted octanol–water partition coefficient (Wildman–Crippen LogP) is 1.43. The molecule has 20 heavy (non-hydrogen) atoms. The van der Waals surface area contributed by atoms with Gasteiger partial charge in [-0.15, -0.1) is 0 Å². The van der Waals surface area contributed by atoms with E-state index < -0.39 is 5.97 Å². The van der Waals surface area contributed by atoms with E-state index in [1.54, 1.807) is 16.3 Å². The van der Waals surface area contributed by atoms with E-state index in [0.29, 0.717) is 0 Å². The Kier molecular flexibility index (Phi) is 3.52. The number of thioether (sulfide) groups is 1. The Balaban J connectivity index is 2.02. The normalized spacial score (nSPS) is 19.4. The molecule has 0 radical (unpaired) electrons. The first-order chi connectivity index (χ1) is 9.65. The Morgan fingerprint density at radius 3 is 3.20 bits per heavy atom. The van der Waals surface area contributed by atoms with E-state index in [0.717, 1.165) is 35.1 Å². The highest BCUT2D eigenvalue weighted by atomic mass is 32.2. The highest BCUT2D eigenvalue weighted by Crippen LogP contribution is 2.27. The van der Waals surface area contributed by atoms with Crippen LogP contribution >= 0.6 is 11.8 Å². The molecule has 1 fully saturated rings. The number of nitrogens with zero attached hydrogens (tertiary/aromatic N) is 4. The van der Waals surface area contributed by atoms with Crippen molar-refractivity contribution in [3.05, 3.63) is 24.0 Å². The summed E-state index contributed by atoms with van der Waals surface area (Å²) in [5.41, 5.74) is 1.90. The number of fused-ring (bicyclic) bond motifs is 1. The van der Waals surface area contributed by atoms with Gasteiger partial charge in [-0.1, -0.05) is 0 Å². The molecular weight excluding hydrogens is 276 g/mol. The van der Waals surface area contributed by atoms with E-state index >= 15 is 0 Å². The predicted molar refractivity (Wildman–Crippen MR) is 78.4 cm³/mol. The van der Waals surface area contributed by atoms with E-state index in [1.165, 1.54) is 6.33 Å². The minimum Gasteiger partial charge on any atom is -0.481 e. The van der Waals surface area contributed by atoms with Gasteiger partial charge in [0.1, 0.15) is 12.1 Å². The summed E-state index contributed by atoms with van der Waals surface area (Å²) in [6.45, 7) is 2.85. The van der Waals surface area contributed by atoms with Gasteiger partial charge in [0.15, 0.2) is 5.65 Å². The number of hydrogen-bond donors (Lipinski definition) is 1. The third-order valence-electron chi connectivity index (χ3n) is 3.44. The van der Waals surface area contributed by atoms with Crippen LogP contribution in [0.1, 0.15) is 12.0 Å². The van der Waals surface area contributed by atoms with Crippen LogP contribution in [0.25, 0.3) is 5.65 Å². The number of carboxylic acid groups (broad SMARTS) is 1. The zero-order valence-electron chi connectivity index (χ0n) is 11.2. The summed E-state index contributed by atoms with van der Waals surface area (Å²) < 4.78 is 1.79. The SMILES string of the molecule is Cc1cc(N2CCSCC2CC(=O)O)n2ncnc2c1. The molecular formula is C13H16N4O2S. The summed E-state index contributed by atoms with van der Waals surface area (Å²) in [5, 5.41) is 13.3. The minimum atomic E-state index is -0.759. The molecule has 1 aliphatic rings. The smallest absolute Gasteiger partial charge is 0.305 e. The number of hydrogen-bond acceptors (Lipinski definition) is 5. The van der Waals surface area contributed by atoms with Gasteiger partial charge in [0.2, 0.25) is 0 Å². The van der Waals surface area contributed by atoms with Crippen molar-refractivity contribution in [1.29, 1.82) is 0 Å². The third-order valence-corrected chi connectivity index (χ3v) is 4.53. The second-order valence-corrected chi connectivity index (χ2v) is 6.09. The fourth-order valence-electron chi connectivity index (χ4n) is 2.57. The summed E-state index contributed by atoms with van der Waals surface area (Å²) in [6.07, 6.45) is 1.68. The van der Waals surface area contributed by atoms with Crippen LogP contribution in [-0.2, 0) is 4.79 Å². The topological polar surface area (TPSA) is 70.7 Å². The fraction of sp³-hybridized carbons (Fsp3) is 0.462. The molecule has 1 N–H and O–H groups in total. The quantitative estimate of drug-likeness (QED) is 0.923. The molecule has 3 heterocycles. The van der Waals surface area contributed by atoms with Crippen LogP contribution in [0.3, 0.4) is 0 Å². The van der Waals surface area contributed by atoms with Crippen LogP contribution in [0.2, 0.25) is 0 Å². The summed E-state index contributed by atoms with van der Waals surface area (Å²) in [4.78, 5) is 17.4. The van der Waals surface area contributed by atoms with Crippen LogP contribution in [-0.4, -0.2) is 49.8 Å². The Bertz CT molecular complexity index is 642. The van der Waals surface area contributed by atoms with Crippen LogP contribution in [0.4, 0.5) is 5.82 Å². The number of rotatable bonds is 3. The maximum absolute atomic E-state index is 11.1. The molecule has 0 aromatic carbocycles. The van der Waals surface area contributed by atoms with Crippen molar-refractivity contribution in [2.24, 2.45) is 0 Å². The monoisotopic (exact) mass is 292 g/mol. The van der Waals surface area contributed by atoms with E-state index in [1.807, 2.05) is 19.1 Å². The van der Waals surface area contributed by atoms with Gasteiger partial charge in [-0.2, -0.15) is 21.4 Å². The van der Waals surface area contributed by atoms with Crippen LogP contribution < -0.4 is 4.90 Å². The highest BCUT2D eigenvalue weighted by molar-refractivity contribution is 7.99. The van der Waals surface area contributed by atoms with Crippen molar-refractivity contribution in [2.75, 3.05) is 23.0 Å². The second kappa shape index (κ2) is 5.32. The molecule has 1 aliphatic heterocycles. The van der Waals surface area contributed by atoms with Crippen molar-refractivity contribution in [1.82, 2.24) is 14.6 Å². The number of aryl methyl sites for hydroxylation is 1. The fourth-order valence-corrected chi connectivity index (χ4v) is 3.63. The molecule has 2 aromatic heterocycles. The summed E-state index contributed by atoms with van der Waals surface area (Å²) >= 11 is 1.80. The Labute approximate surface area is 120 Å². The molecule has 1 atom stereocenters. The van der Waals surface area contributed by atoms with Crippen molar-refractivity contribution < 1.29 is 9.90 Å². The molecule has 1 saturated heterocycles. The number of carbonyl (C=O) groups is 1. The van der Waals surface area contributed by atoms with Gasteiger partial charge < -0.3 is 10.0 Å². The molecule has 1 unspecified atom stereocenters. The van der Waals surface area contributed by atoms with Gasteiger partial charge in [-0.05, 0) is 24.6 Å². The first-order valence-electron chi connectivity index (χ1n) is 6.52.